The lowest BCUT2D eigenvalue weighted by molar-refractivity contribution is -0.241. The van der Waals surface area contributed by atoms with Gasteiger partial charge in [-0.3, -0.25) is 0 Å². The summed E-state index contributed by atoms with van der Waals surface area (Å²) < 4.78 is 0. The van der Waals surface area contributed by atoms with Crippen LogP contribution in [-0.2, 0) is 0 Å². The number of hydrogen-bond donors (Lipinski definition) is 0. The molecule has 5 saturated carbocycles. The normalized spacial score (nSPS) is 70.0. The third-order valence-electron chi connectivity index (χ3n) is 11.0. The SMILES string of the molecule is CC1(C2CCC3C2C2(C)C4CCC(C4)C32C)CC2CC=CC21. The average molecular weight is 296 g/mol. The molecule has 22 heavy (non-hydrogen) atoms. The minimum Gasteiger partial charge on any atom is -0.0879 e. The van der Waals surface area contributed by atoms with E-state index in [0.29, 0.717) is 5.41 Å². The van der Waals surface area contributed by atoms with Crippen molar-refractivity contribution in [2.75, 3.05) is 0 Å². The zero-order valence-corrected chi connectivity index (χ0v) is 14.6. The molecule has 0 heteroatoms. The van der Waals surface area contributed by atoms with Crippen LogP contribution in [-0.4, -0.2) is 0 Å². The molecule has 0 amide bonds. The van der Waals surface area contributed by atoms with E-state index >= 15 is 0 Å². The van der Waals surface area contributed by atoms with Gasteiger partial charge in [0.2, 0.25) is 0 Å². The number of allylic oxidation sites excluding steroid dienone is 2. The highest BCUT2D eigenvalue weighted by Gasteiger charge is 2.80. The molecule has 5 fully saturated rings. The summed E-state index contributed by atoms with van der Waals surface area (Å²) in [5.41, 5.74) is 2.13. The van der Waals surface area contributed by atoms with Gasteiger partial charge >= 0.3 is 0 Å². The fraction of sp³-hybridized carbons (Fsp3) is 0.909. The van der Waals surface area contributed by atoms with Gasteiger partial charge in [-0.05, 0) is 103 Å². The molecule has 0 radical (unpaired) electrons. The first-order chi connectivity index (χ1) is 10.5. The van der Waals surface area contributed by atoms with Crippen molar-refractivity contribution >= 4 is 0 Å². The molecule has 120 valence electrons. The third-order valence-corrected chi connectivity index (χ3v) is 11.0. The molecule has 10 unspecified atom stereocenters. The van der Waals surface area contributed by atoms with Gasteiger partial charge in [-0.15, -0.1) is 0 Å². The molecular weight excluding hydrogens is 264 g/mol. The van der Waals surface area contributed by atoms with Gasteiger partial charge < -0.3 is 0 Å². The maximum Gasteiger partial charge on any atom is -0.0145 e. The van der Waals surface area contributed by atoms with Crippen LogP contribution < -0.4 is 0 Å². The van der Waals surface area contributed by atoms with Gasteiger partial charge in [-0.1, -0.05) is 32.9 Å². The summed E-state index contributed by atoms with van der Waals surface area (Å²) in [7, 11) is 0. The molecule has 0 nitrogen and oxygen atoms in total. The van der Waals surface area contributed by atoms with Gasteiger partial charge in [0.25, 0.3) is 0 Å². The van der Waals surface area contributed by atoms with E-state index in [1.165, 1.54) is 6.42 Å². The lowest BCUT2D eigenvalue weighted by atomic mass is 9.33. The van der Waals surface area contributed by atoms with Gasteiger partial charge in [-0.2, -0.15) is 0 Å². The van der Waals surface area contributed by atoms with Crippen molar-refractivity contribution in [1.82, 2.24) is 0 Å². The largest absolute Gasteiger partial charge is 0.0879 e. The van der Waals surface area contributed by atoms with Crippen LogP contribution in [0.5, 0.6) is 0 Å². The van der Waals surface area contributed by atoms with E-state index in [1.54, 1.807) is 38.5 Å². The summed E-state index contributed by atoms with van der Waals surface area (Å²) >= 11 is 0. The summed E-state index contributed by atoms with van der Waals surface area (Å²) in [6, 6.07) is 0. The highest BCUT2D eigenvalue weighted by Crippen LogP contribution is 2.86. The Hall–Kier alpha value is -0.260. The Kier molecular flexibility index (Phi) is 2.11. The Morgan fingerprint density at radius 1 is 0.864 bits per heavy atom. The maximum absolute atomic E-state index is 2.75. The second kappa shape index (κ2) is 3.55. The van der Waals surface area contributed by atoms with Crippen LogP contribution in [0.25, 0.3) is 0 Å². The van der Waals surface area contributed by atoms with Gasteiger partial charge in [0, 0.05) is 0 Å². The van der Waals surface area contributed by atoms with Crippen LogP contribution in [0.2, 0.25) is 0 Å². The summed E-state index contributed by atoms with van der Waals surface area (Å²) in [6.07, 6.45) is 15.9. The molecule has 0 spiro atoms. The predicted octanol–water partition coefficient (Wildman–Crippen LogP) is 5.69. The molecule has 0 saturated heterocycles. The third kappa shape index (κ3) is 1.04. The van der Waals surface area contributed by atoms with E-state index in [-0.39, 0.29) is 0 Å². The monoisotopic (exact) mass is 296 g/mol. The molecule has 6 rings (SSSR count). The van der Waals surface area contributed by atoms with Crippen molar-refractivity contribution in [2.45, 2.75) is 65.7 Å². The first-order valence-corrected chi connectivity index (χ1v) is 10.2. The molecule has 2 bridgehead atoms. The topological polar surface area (TPSA) is 0 Å². The zero-order valence-electron chi connectivity index (χ0n) is 14.6. The molecule has 0 aromatic carbocycles. The minimum absolute atomic E-state index is 0.670. The Labute approximate surface area is 136 Å². The molecule has 6 aliphatic carbocycles. The predicted molar refractivity (Wildman–Crippen MR) is 90.2 cm³/mol. The summed E-state index contributed by atoms with van der Waals surface area (Å²) in [6.45, 7) is 8.16. The Morgan fingerprint density at radius 2 is 1.59 bits per heavy atom. The standard InChI is InChI=1S/C22H32/c1-20(12-13-5-4-6-16(13)20)17-9-10-18-19(17)22(3)15-8-7-14(11-15)21(18,22)2/h4,6,13-19H,5,7-12H2,1-3H3. The van der Waals surface area contributed by atoms with Crippen molar-refractivity contribution in [3.05, 3.63) is 12.2 Å². The summed E-state index contributed by atoms with van der Waals surface area (Å²) in [5, 5.41) is 0. The van der Waals surface area contributed by atoms with Crippen molar-refractivity contribution in [3.8, 4) is 0 Å². The number of fused-ring (bicyclic) bond motifs is 9. The second-order valence-corrected chi connectivity index (χ2v) is 10.7. The second-order valence-electron chi connectivity index (χ2n) is 10.7. The lowest BCUT2D eigenvalue weighted by Crippen LogP contribution is -2.67. The van der Waals surface area contributed by atoms with E-state index in [2.05, 4.69) is 32.9 Å². The van der Waals surface area contributed by atoms with Crippen molar-refractivity contribution < 1.29 is 0 Å². The van der Waals surface area contributed by atoms with Gasteiger partial charge in [0.15, 0.2) is 0 Å². The van der Waals surface area contributed by atoms with Crippen LogP contribution in [0, 0.1) is 57.7 Å². The van der Waals surface area contributed by atoms with Gasteiger partial charge in [-0.25, -0.2) is 0 Å². The van der Waals surface area contributed by atoms with Crippen LogP contribution in [0.15, 0.2) is 12.2 Å². The smallest absolute Gasteiger partial charge is 0.0145 e. The molecular formula is C22H32. The fourth-order valence-electron chi connectivity index (χ4n) is 10.0. The molecule has 0 heterocycles. The van der Waals surface area contributed by atoms with Crippen LogP contribution in [0.1, 0.15) is 65.7 Å². The molecule has 0 aromatic heterocycles. The van der Waals surface area contributed by atoms with E-state index in [9.17, 15) is 0 Å². The summed E-state index contributed by atoms with van der Waals surface area (Å²) in [5.74, 6) is 7.40. The molecule has 0 aliphatic heterocycles. The highest BCUT2D eigenvalue weighted by molar-refractivity contribution is 5.29. The minimum atomic E-state index is 0.670. The van der Waals surface area contributed by atoms with E-state index in [4.69, 9.17) is 0 Å². The van der Waals surface area contributed by atoms with E-state index in [0.717, 1.165) is 52.3 Å². The summed E-state index contributed by atoms with van der Waals surface area (Å²) in [4.78, 5) is 0. The van der Waals surface area contributed by atoms with Gasteiger partial charge in [0.05, 0.1) is 0 Å². The van der Waals surface area contributed by atoms with Crippen molar-refractivity contribution in [1.29, 1.82) is 0 Å². The van der Waals surface area contributed by atoms with E-state index < -0.39 is 0 Å². The Balaban J connectivity index is 1.39. The Morgan fingerprint density at radius 3 is 2.36 bits per heavy atom. The lowest BCUT2D eigenvalue weighted by Gasteiger charge is -2.71. The van der Waals surface area contributed by atoms with Crippen LogP contribution in [0.3, 0.4) is 0 Å². The van der Waals surface area contributed by atoms with E-state index in [1.807, 2.05) is 0 Å². The number of hydrogen-bond acceptors (Lipinski definition) is 0. The molecule has 0 aromatic rings. The average Bonchev–Trinajstić information content (AvgIpc) is 3.22. The van der Waals surface area contributed by atoms with Crippen LogP contribution in [0.4, 0.5) is 0 Å². The van der Waals surface area contributed by atoms with Crippen LogP contribution >= 0.6 is 0 Å². The first-order valence-electron chi connectivity index (χ1n) is 10.2. The molecule has 0 N–H and O–H groups in total. The molecule has 6 aliphatic rings. The number of rotatable bonds is 1. The zero-order chi connectivity index (χ0) is 14.9. The fourth-order valence-corrected chi connectivity index (χ4v) is 10.0. The van der Waals surface area contributed by atoms with Crippen molar-refractivity contribution in [2.24, 2.45) is 57.7 Å². The molecule has 10 atom stereocenters. The Bertz CT molecular complexity index is 575. The first kappa shape index (κ1) is 13.1. The quantitative estimate of drug-likeness (QED) is 0.545. The highest BCUT2D eigenvalue weighted by atomic mass is 14.8. The van der Waals surface area contributed by atoms with Gasteiger partial charge in [0.1, 0.15) is 0 Å². The van der Waals surface area contributed by atoms with Crippen molar-refractivity contribution in [3.63, 3.8) is 0 Å². The maximum atomic E-state index is 2.75.